The van der Waals surface area contributed by atoms with Crippen LogP contribution in [0.3, 0.4) is 0 Å². The fourth-order valence-corrected chi connectivity index (χ4v) is 6.54. The molecular formula is C30H27N3O4. The first-order valence-electron chi connectivity index (χ1n) is 12.7. The van der Waals surface area contributed by atoms with Crippen LogP contribution in [0.5, 0.6) is 0 Å². The molecule has 3 aliphatic carbocycles. The molecule has 7 heteroatoms. The van der Waals surface area contributed by atoms with Crippen LogP contribution in [-0.4, -0.2) is 37.2 Å². The molecule has 0 bridgehead atoms. The van der Waals surface area contributed by atoms with Gasteiger partial charge in [0.2, 0.25) is 0 Å². The quantitative estimate of drug-likeness (QED) is 0.338. The molecule has 7 rings (SSSR count). The number of para-hydroxylation sites is 1. The molecule has 0 radical (unpaired) electrons. The molecule has 2 heterocycles. The van der Waals surface area contributed by atoms with Gasteiger partial charge in [-0.1, -0.05) is 42.5 Å². The molecule has 7 nitrogen and oxygen atoms in total. The van der Waals surface area contributed by atoms with Crippen molar-refractivity contribution in [2.24, 2.45) is 10.8 Å². The number of hydrogen-bond acceptors (Lipinski definition) is 4. The van der Waals surface area contributed by atoms with Gasteiger partial charge in [-0.15, -0.1) is 0 Å². The summed E-state index contributed by atoms with van der Waals surface area (Å²) in [5, 5.41) is 23.5. The van der Waals surface area contributed by atoms with Crippen molar-refractivity contribution in [1.82, 2.24) is 14.9 Å². The molecule has 0 spiro atoms. The van der Waals surface area contributed by atoms with Crippen molar-refractivity contribution in [2.45, 2.75) is 44.4 Å². The molecule has 3 fully saturated rings. The van der Waals surface area contributed by atoms with Crippen molar-refractivity contribution in [2.75, 3.05) is 0 Å². The summed E-state index contributed by atoms with van der Waals surface area (Å²) in [5.41, 5.74) is 3.86. The van der Waals surface area contributed by atoms with Gasteiger partial charge < -0.3 is 20.1 Å². The van der Waals surface area contributed by atoms with Gasteiger partial charge in [0, 0.05) is 34.3 Å². The van der Waals surface area contributed by atoms with Crippen molar-refractivity contribution in [3.8, 4) is 11.1 Å². The number of carbonyl (C=O) groups is 2. The Hall–Kier alpha value is -3.97. The number of aliphatic carboxylic acids is 1. The zero-order valence-electron chi connectivity index (χ0n) is 20.3. The Kier molecular flexibility index (Phi) is 4.52. The Morgan fingerprint density at radius 1 is 1.00 bits per heavy atom. The molecule has 1 amide bonds. The molecule has 0 unspecified atom stereocenters. The third-order valence-corrected chi connectivity index (χ3v) is 8.99. The zero-order valence-corrected chi connectivity index (χ0v) is 20.3. The Morgan fingerprint density at radius 2 is 1.81 bits per heavy atom. The number of carbonyl (C=O) groups excluding carboxylic acids is 1. The Balaban J connectivity index is 1.15. The molecule has 0 atom stereocenters. The molecule has 2 aromatic carbocycles. The van der Waals surface area contributed by atoms with Crippen LogP contribution in [0.15, 0.2) is 73.1 Å². The summed E-state index contributed by atoms with van der Waals surface area (Å²) in [4.78, 5) is 29.9. The SMILES string of the molecule is O=C(NC1(C23CC2(C(=O)O)C3)CC1)c1cccc2ccn(Cc3ccc(-c4ccccc4CO)cn3)c12. The lowest BCUT2D eigenvalue weighted by Crippen LogP contribution is -2.41. The van der Waals surface area contributed by atoms with E-state index in [4.69, 9.17) is 0 Å². The summed E-state index contributed by atoms with van der Waals surface area (Å²) >= 11 is 0. The standard InChI is InChI=1S/C30H27N3O4/c34-16-21-4-1-2-6-23(21)20-8-9-22(31-14-20)15-33-13-10-19-5-3-7-24(25(19)33)26(35)32-30(11-12-30)29-17-28(29,18-29)27(36)37/h1-10,13-14,34H,11-12,15-18H2,(H,32,35)(H,36,37). The van der Waals surface area contributed by atoms with E-state index in [9.17, 15) is 19.8 Å². The van der Waals surface area contributed by atoms with Crippen LogP contribution < -0.4 is 5.32 Å². The predicted molar refractivity (Wildman–Crippen MR) is 138 cm³/mol. The Labute approximate surface area is 213 Å². The van der Waals surface area contributed by atoms with Gasteiger partial charge in [-0.3, -0.25) is 14.6 Å². The summed E-state index contributed by atoms with van der Waals surface area (Å²) in [6, 6.07) is 19.4. The summed E-state index contributed by atoms with van der Waals surface area (Å²) in [5.74, 6) is -0.859. The van der Waals surface area contributed by atoms with Crippen LogP contribution in [0.25, 0.3) is 22.0 Å². The number of aromatic nitrogens is 2. The number of nitrogens with zero attached hydrogens (tertiary/aromatic N) is 2. The third-order valence-electron chi connectivity index (χ3n) is 8.99. The fourth-order valence-electron chi connectivity index (χ4n) is 6.54. The zero-order chi connectivity index (χ0) is 25.4. The molecular weight excluding hydrogens is 466 g/mol. The van der Waals surface area contributed by atoms with Crippen LogP contribution in [0, 0.1) is 10.8 Å². The number of pyridine rings is 1. The van der Waals surface area contributed by atoms with E-state index in [2.05, 4.69) is 10.3 Å². The van der Waals surface area contributed by atoms with Gasteiger partial charge in [-0.05, 0) is 55.0 Å². The second-order valence-corrected chi connectivity index (χ2v) is 10.9. The number of hydrogen-bond donors (Lipinski definition) is 3. The number of aliphatic hydroxyl groups is 1. The smallest absolute Gasteiger partial charge is 0.310 e. The monoisotopic (exact) mass is 493 g/mol. The Morgan fingerprint density at radius 3 is 2.49 bits per heavy atom. The van der Waals surface area contributed by atoms with E-state index < -0.39 is 11.4 Å². The topological polar surface area (TPSA) is 104 Å². The molecule has 4 aromatic rings. The number of carboxylic acids is 1. The van der Waals surface area contributed by atoms with Crippen molar-refractivity contribution in [3.63, 3.8) is 0 Å². The average Bonchev–Trinajstić information content (AvgIpc) is 3.83. The normalized spacial score (nSPS) is 24.4. The van der Waals surface area contributed by atoms with E-state index in [1.807, 2.05) is 77.6 Å². The van der Waals surface area contributed by atoms with Crippen LogP contribution in [0.2, 0.25) is 0 Å². The molecule has 2 aromatic heterocycles. The van der Waals surface area contributed by atoms with Gasteiger partial charge in [0.15, 0.2) is 0 Å². The van der Waals surface area contributed by atoms with Crippen molar-refractivity contribution in [1.29, 1.82) is 0 Å². The highest BCUT2D eigenvalue weighted by atomic mass is 16.4. The predicted octanol–water partition coefficient (Wildman–Crippen LogP) is 4.37. The number of aliphatic hydroxyl groups excluding tert-OH is 1. The lowest BCUT2D eigenvalue weighted by atomic mass is 10.0. The Bertz CT molecular complexity index is 1580. The maximum Gasteiger partial charge on any atom is 0.310 e. The summed E-state index contributed by atoms with van der Waals surface area (Å²) in [6.07, 6.45) is 6.85. The van der Waals surface area contributed by atoms with Crippen molar-refractivity contribution >= 4 is 22.8 Å². The number of amides is 1. The van der Waals surface area contributed by atoms with Crippen LogP contribution in [-0.2, 0) is 17.9 Å². The second-order valence-electron chi connectivity index (χ2n) is 10.9. The van der Waals surface area contributed by atoms with E-state index in [1.54, 1.807) is 0 Å². The highest BCUT2D eigenvalue weighted by Crippen LogP contribution is 2.93. The van der Waals surface area contributed by atoms with Crippen LogP contribution in [0.1, 0.15) is 47.3 Å². The van der Waals surface area contributed by atoms with Crippen molar-refractivity contribution in [3.05, 3.63) is 89.9 Å². The number of fused-ring (bicyclic) bond motifs is 2. The van der Waals surface area contributed by atoms with E-state index in [0.717, 1.165) is 46.1 Å². The minimum absolute atomic E-state index is 0.0299. The van der Waals surface area contributed by atoms with Gasteiger partial charge in [0.05, 0.1) is 35.3 Å². The van der Waals surface area contributed by atoms with Gasteiger partial charge in [-0.25, -0.2) is 0 Å². The minimum Gasteiger partial charge on any atom is -0.481 e. The summed E-state index contributed by atoms with van der Waals surface area (Å²) < 4.78 is 2.04. The lowest BCUT2D eigenvalue weighted by molar-refractivity contribution is -0.141. The highest BCUT2D eigenvalue weighted by molar-refractivity contribution is 6.06. The molecule has 37 heavy (non-hydrogen) atoms. The fraction of sp³-hybridized carbons (Fsp3) is 0.300. The van der Waals surface area contributed by atoms with Crippen LogP contribution >= 0.6 is 0 Å². The van der Waals surface area contributed by atoms with Gasteiger partial charge >= 0.3 is 5.97 Å². The van der Waals surface area contributed by atoms with Crippen molar-refractivity contribution < 1.29 is 19.8 Å². The highest BCUT2D eigenvalue weighted by Gasteiger charge is 2.95. The largest absolute Gasteiger partial charge is 0.481 e. The van der Waals surface area contributed by atoms with Gasteiger partial charge in [-0.2, -0.15) is 0 Å². The summed E-state index contributed by atoms with van der Waals surface area (Å²) in [6.45, 7) is 0.477. The maximum atomic E-state index is 13.5. The first kappa shape index (κ1) is 22.2. The summed E-state index contributed by atoms with van der Waals surface area (Å²) in [7, 11) is 0. The second kappa shape index (κ2) is 7.52. The van der Waals surface area contributed by atoms with E-state index in [1.165, 1.54) is 0 Å². The lowest BCUT2D eigenvalue weighted by Gasteiger charge is -2.21. The first-order valence-corrected chi connectivity index (χ1v) is 12.7. The third kappa shape index (κ3) is 3.13. The van der Waals surface area contributed by atoms with E-state index in [0.29, 0.717) is 24.9 Å². The molecule has 3 saturated carbocycles. The average molecular weight is 494 g/mol. The molecule has 3 N–H and O–H groups in total. The minimum atomic E-state index is -0.720. The molecule has 0 aliphatic heterocycles. The van der Waals surface area contributed by atoms with E-state index >= 15 is 0 Å². The molecule has 3 aliphatic rings. The molecule has 186 valence electrons. The van der Waals surface area contributed by atoms with Crippen LogP contribution in [0.4, 0.5) is 0 Å². The number of carboxylic acid groups (broad SMARTS) is 1. The number of benzene rings is 2. The number of nitrogens with one attached hydrogen (secondary N) is 1. The maximum absolute atomic E-state index is 13.5. The number of rotatable bonds is 8. The van der Waals surface area contributed by atoms with Gasteiger partial charge in [0.25, 0.3) is 5.91 Å². The van der Waals surface area contributed by atoms with Gasteiger partial charge in [0.1, 0.15) is 0 Å². The molecule has 0 saturated heterocycles. The van der Waals surface area contributed by atoms with E-state index in [-0.39, 0.29) is 23.5 Å². The first-order chi connectivity index (χ1) is 17.9.